The number of hydrogen-bond donors (Lipinski definition) is 1. The smallest absolute Gasteiger partial charge is 0.275 e. The highest BCUT2D eigenvalue weighted by Crippen LogP contribution is 2.20. The Kier molecular flexibility index (Phi) is 4.70. The van der Waals surface area contributed by atoms with Gasteiger partial charge >= 0.3 is 0 Å². The van der Waals surface area contributed by atoms with Gasteiger partial charge in [-0.1, -0.05) is 36.4 Å². The number of para-hydroxylation sites is 1. The summed E-state index contributed by atoms with van der Waals surface area (Å²) in [5.74, 6) is 0.696. The number of amidine groups is 1. The summed E-state index contributed by atoms with van der Waals surface area (Å²) in [6, 6.07) is 14.0. The summed E-state index contributed by atoms with van der Waals surface area (Å²) in [5.41, 5.74) is 1.61. The fourth-order valence-corrected chi connectivity index (χ4v) is 2.54. The van der Waals surface area contributed by atoms with Crippen LogP contribution >= 0.6 is 0 Å². The van der Waals surface area contributed by atoms with Crippen LogP contribution in [0, 0.1) is 5.82 Å². The van der Waals surface area contributed by atoms with Crippen LogP contribution in [0.15, 0.2) is 59.2 Å². The molecule has 1 amide bonds. The third kappa shape index (κ3) is 3.51. The molecule has 1 N–H and O–H groups in total. The number of nitrogens with one attached hydrogen (secondary N) is 1. The molecule has 0 unspecified atom stereocenters. The molecule has 0 atom stereocenters. The zero-order chi connectivity index (χ0) is 16.9. The monoisotopic (exact) mass is 324 g/mol. The zero-order valence-corrected chi connectivity index (χ0v) is 13.3. The molecule has 0 saturated carbocycles. The number of carbonyl (C=O) groups excluding carboxylic acids is 1. The molecule has 0 radical (unpaired) electrons. The minimum Gasteiger partial charge on any atom is -0.496 e. The Morgan fingerprint density at radius 2 is 1.88 bits per heavy atom. The topological polar surface area (TPSA) is 50.7 Å². The van der Waals surface area contributed by atoms with E-state index in [1.54, 1.807) is 25.3 Å². The molecule has 0 bridgehead atoms. The molecular formula is C19H17FN2O2. The van der Waals surface area contributed by atoms with Crippen LogP contribution in [0.1, 0.15) is 17.5 Å². The third-order valence-electron chi connectivity index (χ3n) is 3.77. The van der Waals surface area contributed by atoms with E-state index in [1.807, 2.05) is 24.3 Å². The second kappa shape index (κ2) is 7.08. The summed E-state index contributed by atoms with van der Waals surface area (Å²) in [6.07, 6.45) is 2.72. The molecule has 0 aromatic heterocycles. The molecule has 2 aromatic rings. The summed E-state index contributed by atoms with van der Waals surface area (Å²) in [7, 11) is 1.63. The molecule has 2 aromatic carbocycles. The van der Waals surface area contributed by atoms with E-state index in [2.05, 4.69) is 10.3 Å². The molecule has 4 nitrogen and oxygen atoms in total. The van der Waals surface area contributed by atoms with Crippen molar-refractivity contribution in [2.24, 2.45) is 4.99 Å². The molecule has 24 heavy (non-hydrogen) atoms. The number of ether oxygens (including phenoxy) is 1. The van der Waals surface area contributed by atoms with E-state index in [1.165, 1.54) is 12.1 Å². The Balaban J connectivity index is 1.74. The van der Waals surface area contributed by atoms with Crippen LogP contribution in [0.4, 0.5) is 4.39 Å². The van der Waals surface area contributed by atoms with Crippen LogP contribution in [-0.2, 0) is 11.2 Å². The predicted octanol–water partition coefficient (Wildman–Crippen LogP) is 3.34. The van der Waals surface area contributed by atoms with Gasteiger partial charge in [0.1, 0.15) is 23.1 Å². The molecule has 0 aliphatic carbocycles. The molecule has 0 spiro atoms. The van der Waals surface area contributed by atoms with Gasteiger partial charge in [-0.15, -0.1) is 0 Å². The van der Waals surface area contributed by atoms with Crippen molar-refractivity contribution in [3.8, 4) is 5.75 Å². The number of nitrogens with zero attached hydrogens (tertiary/aromatic N) is 1. The molecular weight excluding hydrogens is 307 g/mol. The highest BCUT2D eigenvalue weighted by molar-refractivity contribution is 6.14. The number of benzene rings is 2. The van der Waals surface area contributed by atoms with E-state index in [0.29, 0.717) is 24.2 Å². The lowest BCUT2D eigenvalue weighted by Crippen LogP contribution is -2.24. The number of aliphatic imine (C=N–C) groups is 1. The van der Waals surface area contributed by atoms with Crippen molar-refractivity contribution in [1.82, 2.24) is 5.32 Å². The first-order valence-electron chi connectivity index (χ1n) is 7.64. The third-order valence-corrected chi connectivity index (χ3v) is 3.77. The van der Waals surface area contributed by atoms with Gasteiger partial charge in [0, 0.05) is 12.0 Å². The Hall–Kier alpha value is -2.95. The Morgan fingerprint density at radius 3 is 2.67 bits per heavy atom. The van der Waals surface area contributed by atoms with E-state index < -0.39 is 0 Å². The zero-order valence-electron chi connectivity index (χ0n) is 13.3. The quantitative estimate of drug-likeness (QED) is 0.858. The Bertz CT molecular complexity index is 828. The highest BCUT2D eigenvalue weighted by Gasteiger charge is 2.20. The van der Waals surface area contributed by atoms with Crippen molar-refractivity contribution < 1.29 is 13.9 Å². The Labute approximate surface area is 139 Å². The van der Waals surface area contributed by atoms with Gasteiger partial charge in [0.25, 0.3) is 5.91 Å². The van der Waals surface area contributed by atoms with Gasteiger partial charge in [-0.2, -0.15) is 0 Å². The maximum absolute atomic E-state index is 13.7. The van der Waals surface area contributed by atoms with E-state index >= 15 is 0 Å². The number of hydrogen-bond acceptors (Lipinski definition) is 3. The summed E-state index contributed by atoms with van der Waals surface area (Å²) < 4.78 is 19.0. The minimum atomic E-state index is -0.379. The maximum atomic E-state index is 13.7. The predicted molar refractivity (Wildman–Crippen MR) is 91.3 cm³/mol. The molecule has 0 saturated heterocycles. The summed E-state index contributed by atoms with van der Waals surface area (Å²) >= 11 is 0. The summed E-state index contributed by atoms with van der Waals surface area (Å²) in [6.45, 7) is 0. The lowest BCUT2D eigenvalue weighted by molar-refractivity contribution is -0.115. The molecule has 1 aliphatic heterocycles. The number of rotatable bonds is 5. The van der Waals surface area contributed by atoms with Crippen LogP contribution in [0.2, 0.25) is 0 Å². The van der Waals surface area contributed by atoms with E-state index in [-0.39, 0.29) is 17.4 Å². The largest absolute Gasteiger partial charge is 0.496 e. The lowest BCUT2D eigenvalue weighted by Gasteiger charge is -2.07. The lowest BCUT2D eigenvalue weighted by atomic mass is 10.1. The van der Waals surface area contributed by atoms with Crippen molar-refractivity contribution in [3.05, 3.63) is 71.2 Å². The molecule has 0 fully saturated rings. The fourth-order valence-electron chi connectivity index (χ4n) is 2.54. The van der Waals surface area contributed by atoms with Crippen LogP contribution in [0.25, 0.3) is 6.08 Å². The van der Waals surface area contributed by atoms with Crippen LogP contribution in [0.3, 0.4) is 0 Å². The van der Waals surface area contributed by atoms with Crippen molar-refractivity contribution in [2.75, 3.05) is 7.11 Å². The van der Waals surface area contributed by atoms with Gasteiger partial charge in [-0.25, -0.2) is 9.38 Å². The van der Waals surface area contributed by atoms with Gasteiger partial charge in [0.15, 0.2) is 0 Å². The normalized spacial score (nSPS) is 15.3. The van der Waals surface area contributed by atoms with Crippen molar-refractivity contribution in [1.29, 1.82) is 0 Å². The van der Waals surface area contributed by atoms with Crippen molar-refractivity contribution in [2.45, 2.75) is 12.8 Å². The average molecular weight is 324 g/mol. The van der Waals surface area contributed by atoms with Gasteiger partial charge in [0.2, 0.25) is 0 Å². The minimum absolute atomic E-state index is 0.218. The van der Waals surface area contributed by atoms with Crippen LogP contribution in [0.5, 0.6) is 5.75 Å². The average Bonchev–Trinajstić information content (AvgIpc) is 2.95. The standard InChI is InChI=1S/C19H17FN2O2/c1-24-17-9-5-3-6-13(17)10-11-18-21-16(19(23)22-18)12-14-7-2-4-8-15(14)20/h2-9,12H,10-11H2,1H3,(H,21,22,23)/b16-12-. The SMILES string of the molecule is COc1ccccc1CCC1=N/C(=C\c2ccccc2F)C(=O)N1. The van der Waals surface area contributed by atoms with Gasteiger partial charge in [-0.3, -0.25) is 4.79 Å². The summed E-state index contributed by atoms with van der Waals surface area (Å²) in [5, 5.41) is 2.73. The van der Waals surface area contributed by atoms with E-state index in [4.69, 9.17) is 4.74 Å². The molecule has 122 valence electrons. The van der Waals surface area contributed by atoms with Gasteiger partial charge in [0.05, 0.1) is 7.11 Å². The number of amides is 1. The van der Waals surface area contributed by atoms with Gasteiger partial charge < -0.3 is 10.1 Å². The number of aryl methyl sites for hydroxylation is 1. The molecule has 5 heteroatoms. The van der Waals surface area contributed by atoms with E-state index in [9.17, 15) is 9.18 Å². The first kappa shape index (κ1) is 15.9. The number of carbonyl (C=O) groups is 1. The van der Waals surface area contributed by atoms with Crippen LogP contribution in [-0.4, -0.2) is 18.9 Å². The molecule has 3 rings (SSSR count). The van der Waals surface area contributed by atoms with Gasteiger partial charge in [-0.05, 0) is 30.2 Å². The second-order valence-corrected chi connectivity index (χ2v) is 5.38. The maximum Gasteiger partial charge on any atom is 0.275 e. The second-order valence-electron chi connectivity index (χ2n) is 5.38. The number of halogens is 1. The summed E-state index contributed by atoms with van der Waals surface area (Å²) in [4.78, 5) is 16.3. The first-order chi connectivity index (χ1) is 11.7. The Morgan fingerprint density at radius 1 is 1.12 bits per heavy atom. The molecule has 1 heterocycles. The van der Waals surface area contributed by atoms with Crippen LogP contribution < -0.4 is 10.1 Å². The molecule has 1 aliphatic rings. The first-order valence-corrected chi connectivity index (χ1v) is 7.64. The van der Waals surface area contributed by atoms with E-state index in [0.717, 1.165) is 11.3 Å². The highest BCUT2D eigenvalue weighted by atomic mass is 19.1. The number of methoxy groups -OCH3 is 1. The fraction of sp³-hybridized carbons (Fsp3) is 0.158. The van der Waals surface area contributed by atoms with Crippen molar-refractivity contribution >= 4 is 17.8 Å². The van der Waals surface area contributed by atoms with Crippen molar-refractivity contribution in [3.63, 3.8) is 0 Å².